The molecule has 3 aromatic rings. The van der Waals surface area contributed by atoms with Crippen LogP contribution in [0, 0.1) is 0 Å². The van der Waals surface area contributed by atoms with Gasteiger partial charge in [-0.05, 0) is 51.1 Å². The van der Waals surface area contributed by atoms with E-state index in [1.165, 1.54) is 5.56 Å². The molecule has 0 amide bonds. The first-order valence-electron chi connectivity index (χ1n) is 6.08. The van der Waals surface area contributed by atoms with Crippen molar-refractivity contribution in [2.45, 2.75) is 6.54 Å². The summed E-state index contributed by atoms with van der Waals surface area (Å²) in [5.74, 6) is 0.893. The Morgan fingerprint density at radius 1 is 1.30 bits per heavy atom. The fourth-order valence-electron chi connectivity index (χ4n) is 2.14. The van der Waals surface area contributed by atoms with Gasteiger partial charge in [-0.3, -0.25) is 0 Å². The molecule has 0 saturated heterocycles. The van der Waals surface area contributed by atoms with Gasteiger partial charge >= 0.3 is 0 Å². The number of hydrogen-bond donors (Lipinski definition) is 1. The average molecular weight is 349 g/mol. The number of benzene rings is 1. The van der Waals surface area contributed by atoms with Crippen LogP contribution < -0.4 is 10.6 Å². The lowest BCUT2D eigenvalue weighted by Gasteiger charge is -2.19. The van der Waals surface area contributed by atoms with E-state index in [-0.39, 0.29) is 0 Å². The molecule has 2 aromatic heterocycles. The maximum absolute atomic E-state index is 5.87. The van der Waals surface area contributed by atoms with Crippen LogP contribution in [0.3, 0.4) is 0 Å². The molecule has 0 spiro atoms. The van der Waals surface area contributed by atoms with Crippen LogP contribution in [0.5, 0.6) is 0 Å². The number of aromatic nitrogens is 2. The van der Waals surface area contributed by atoms with Crippen molar-refractivity contribution in [2.75, 3.05) is 17.7 Å². The van der Waals surface area contributed by atoms with Gasteiger partial charge in [0.05, 0.1) is 9.30 Å². The van der Waals surface area contributed by atoms with E-state index in [9.17, 15) is 0 Å². The first-order valence-corrected chi connectivity index (χ1v) is 7.75. The van der Waals surface area contributed by atoms with Gasteiger partial charge in [-0.15, -0.1) is 11.3 Å². The fourth-order valence-corrected chi connectivity index (χ4v) is 3.34. The fraction of sp³-hybridized carbons (Fsp3) is 0.143. The Balaban J connectivity index is 1.98. The molecule has 0 atom stereocenters. The first-order chi connectivity index (χ1) is 9.63. The van der Waals surface area contributed by atoms with E-state index in [1.807, 2.05) is 25.2 Å². The Hall–Kier alpha value is -1.66. The van der Waals surface area contributed by atoms with Crippen LogP contribution in [0.15, 0.2) is 39.8 Å². The quantitative estimate of drug-likeness (QED) is 0.733. The van der Waals surface area contributed by atoms with Crippen LogP contribution in [0.25, 0.3) is 10.9 Å². The third-order valence-corrected chi connectivity index (χ3v) is 4.59. The summed E-state index contributed by atoms with van der Waals surface area (Å²) in [6.45, 7) is 0.795. The largest absolute Gasteiger partial charge is 0.399 e. The smallest absolute Gasteiger partial charge is 0.139 e. The number of halogens is 1. The summed E-state index contributed by atoms with van der Waals surface area (Å²) in [5.41, 5.74) is 8.75. The Kier molecular flexibility index (Phi) is 3.58. The van der Waals surface area contributed by atoms with Crippen molar-refractivity contribution in [1.29, 1.82) is 0 Å². The third-order valence-electron chi connectivity index (χ3n) is 3.04. The Morgan fingerprint density at radius 2 is 2.15 bits per heavy atom. The highest BCUT2D eigenvalue weighted by Crippen LogP contribution is 2.27. The highest BCUT2D eigenvalue weighted by atomic mass is 79.9. The van der Waals surface area contributed by atoms with E-state index in [0.717, 1.165) is 32.7 Å². The number of thiophene rings is 1. The molecule has 0 saturated carbocycles. The van der Waals surface area contributed by atoms with Gasteiger partial charge in [-0.1, -0.05) is 0 Å². The molecular weight excluding hydrogens is 336 g/mol. The van der Waals surface area contributed by atoms with Crippen molar-refractivity contribution >= 4 is 49.7 Å². The number of rotatable bonds is 3. The predicted molar refractivity (Wildman–Crippen MR) is 88.1 cm³/mol. The lowest BCUT2D eigenvalue weighted by Crippen LogP contribution is -2.17. The minimum atomic E-state index is 0.722. The van der Waals surface area contributed by atoms with Crippen LogP contribution in [0.1, 0.15) is 5.56 Å². The molecule has 0 bridgehead atoms. The second-order valence-electron chi connectivity index (χ2n) is 4.59. The van der Waals surface area contributed by atoms with Gasteiger partial charge in [-0.25, -0.2) is 9.97 Å². The van der Waals surface area contributed by atoms with Crippen molar-refractivity contribution in [1.82, 2.24) is 9.97 Å². The SMILES string of the molecule is CN(Cc1csc(Br)c1)c1ncnc2ccc(N)cc12. The molecule has 0 fully saturated rings. The van der Waals surface area contributed by atoms with Gasteiger partial charge in [-0.2, -0.15) is 0 Å². The molecule has 0 unspecified atom stereocenters. The molecule has 6 heteroatoms. The highest BCUT2D eigenvalue weighted by molar-refractivity contribution is 9.11. The molecule has 0 aliphatic carbocycles. The van der Waals surface area contributed by atoms with E-state index < -0.39 is 0 Å². The van der Waals surface area contributed by atoms with Gasteiger partial charge in [0.2, 0.25) is 0 Å². The number of nitrogens with zero attached hydrogens (tertiary/aromatic N) is 3. The van der Waals surface area contributed by atoms with Gasteiger partial charge in [0, 0.05) is 24.7 Å². The van der Waals surface area contributed by atoms with Crippen molar-refractivity contribution in [3.05, 3.63) is 45.3 Å². The summed E-state index contributed by atoms with van der Waals surface area (Å²) in [4.78, 5) is 10.8. The second-order valence-corrected chi connectivity index (χ2v) is 6.88. The predicted octanol–water partition coefficient (Wildman–Crippen LogP) is 3.67. The molecule has 3 rings (SSSR count). The van der Waals surface area contributed by atoms with E-state index in [4.69, 9.17) is 5.73 Å². The van der Waals surface area contributed by atoms with E-state index in [0.29, 0.717) is 0 Å². The van der Waals surface area contributed by atoms with Crippen molar-refractivity contribution in [2.24, 2.45) is 0 Å². The van der Waals surface area contributed by atoms with Crippen LogP contribution in [-0.4, -0.2) is 17.0 Å². The minimum absolute atomic E-state index is 0.722. The standard InChI is InChI=1S/C14H13BrN4S/c1-19(6-9-4-13(15)20-7-9)14-11-5-10(16)2-3-12(11)17-8-18-14/h2-5,7-8H,6,16H2,1H3. The summed E-state index contributed by atoms with van der Waals surface area (Å²) in [6.07, 6.45) is 1.59. The van der Waals surface area contributed by atoms with E-state index in [2.05, 4.69) is 42.2 Å². The molecule has 0 aliphatic rings. The van der Waals surface area contributed by atoms with Crippen molar-refractivity contribution in [3.63, 3.8) is 0 Å². The molecule has 1 aromatic carbocycles. The van der Waals surface area contributed by atoms with Gasteiger partial charge in [0.25, 0.3) is 0 Å². The van der Waals surface area contributed by atoms with Crippen LogP contribution in [0.2, 0.25) is 0 Å². The maximum Gasteiger partial charge on any atom is 0.139 e. The number of anilines is 2. The average Bonchev–Trinajstić information content (AvgIpc) is 2.83. The summed E-state index contributed by atoms with van der Waals surface area (Å²) < 4.78 is 1.14. The summed E-state index contributed by atoms with van der Waals surface area (Å²) in [7, 11) is 2.02. The van der Waals surface area contributed by atoms with E-state index in [1.54, 1.807) is 17.7 Å². The first kappa shape index (κ1) is 13.3. The zero-order valence-electron chi connectivity index (χ0n) is 10.9. The Bertz CT molecular complexity index is 756. The lowest BCUT2D eigenvalue weighted by atomic mass is 10.2. The zero-order chi connectivity index (χ0) is 14.1. The Morgan fingerprint density at radius 3 is 2.90 bits per heavy atom. The molecule has 2 heterocycles. The zero-order valence-corrected chi connectivity index (χ0v) is 13.3. The lowest BCUT2D eigenvalue weighted by molar-refractivity contribution is 0.904. The van der Waals surface area contributed by atoms with Crippen molar-refractivity contribution < 1.29 is 0 Å². The number of hydrogen-bond acceptors (Lipinski definition) is 5. The number of nitrogens with two attached hydrogens (primary N) is 1. The second kappa shape index (κ2) is 5.38. The maximum atomic E-state index is 5.87. The van der Waals surface area contributed by atoms with E-state index >= 15 is 0 Å². The molecule has 20 heavy (non-hydrogen) atoms. The molecule has 4 nitrogen and oxygen atoms in total. The van der Waals surface area contributed by atoms with Crippen LogP contribution in [-0.2, 0) is 6.54 Å². The normalized spacial score (nSPS) is 10.9. The topological polar surface area (TPSA) is 55.0 Å². The van der Waals surface area contributed by atoms with Gasteiger partial charge in [0.1, 0.15) is 12.1 Å². The third kappa shape index (κ3) is 2.62. The molecule has 102 valence electrons. The summed E-state index contributed by atoms with van der Waals surface area (Å²) in [6, 6.07) is 7.82. The number of fused-ring (bicyclic) bond motifs is 1. The summed E-state index contributed by atoms with van der Waals surface area (Å²) in [5, 5.41) is 3.11. The van der Waals surface area contributed by atoms with Crippen molar-refractivity contribution in [3.8, 4) is 0 Å². The number of nitrogen functional groups attached to an aromatic ring is 1. The Labute approximate surface area is 129 Å². The molecular formula is C14H13BrN4S. The molecule has 0 aliphatic heterocycles. The minimum Gasteiger partial charge on any atom is -0.399 e. The molecule has 2 N–H and O–H groups in total. The molecule has 0 radical (unpaired) electrons. The summed E-state index contributed by atoms with van der Waals surface area (Å²) >= 11 is 5.17. The highest BCUT2D eigenvalue weighted by Gasteiger charge is 2.10. The van der Waals surface area contributed by atoms with Crippen LogP contribution in [0.4, 0.5) is 11.5 Å². The van der Waals surface area contributed by atoms with Crippen LogP contribution >= 0.6 is 27.3 Å². The van der Waals surface area contributed by atoms with Gasteiger partial charge in [0.15, 0.2) is 0 Å². The van der Waals surface area contributed by atoms with Gasteiger partial charge < -0.3 is 10.6 Å². The monoisotopic (exact) mass is 348 g/mol.